The van der Waals surface area contributed by atoms with E-state index in [0.29, 0.717) is 31.2 Å². The Morgan fingerprint density at radius 1 is 1.25 bits per heavy atom. The van der Waals surface area contributed by atoms with E-state index in [-0.39, 0.29) is 6.03 Å². The van der Waals surface area contributed by atoms with Gasteiger partial charge in [-0.25, -0.2) is 14.8 Å². The Kier molecular flexibility index (Phi) is 4.54. The summed E-state index contributed by atoms with van der Waals surface area (Å²) in [5, 5.41) is 8.33. The Morgan fingerprint density at radius 2 is 2.11 bits per heavy atom. The topological polar surface area (TPSA) is 88.4 Å². The van der Waals surface area contributed by atoms with E-state index in [4.69, 9.17) is 4.74 Å². The van der Waals surface area contributed by atoms with Crippen LogP contribution in [0.2, 0.25) is 0 Å². The van der Waals surface area contributed by atoms with Crippen LogP contribution in [-0.2, 0) is 11.8 Å². The van der Waals surface area contributed by atoms with E-state index in [0.717, 1.165) is 42.9 Å². The Hall–Kier alpha value is -2.42. The zero-order chi connectivity index (χ0) is 19.1. The van der Waals surface area contributed by atoms with E-state index in [1.807, 2.05) is 18.1 Å². The minimum Gasteiger partial charge on any atom is -0.375 e. The lowest BCUT2D eigenvalue weighted by molar-refractivity contribution is 0.0912. The van der Waals surface area contributed by atoms with Gasteiger partial charge >= 0.3 is 6.03 Å². The Morgan fingerprint density at radius 3 is 2.86 bits per heavy atom. The average molecular weight is 385 g/mol. The molecule has 0 saturated carbocycles. The van der Waals surface area contributed by atoms with Crippen LogP contribution in [0.4, 0.5) is 10.6 Å². The molecule has 28 heavy (non-hydrogen) atoms. The maximum Gasteiger partial charge on any atom is 0.317 e. The van der Waals surface area contributed by atoms with Crippen molar-refractivity contribution in [3.8, 4) is 0 Å². The molecule has 3 aliphatic rings. The molecule has 2 amide bonds. The number of hydrogen-bond acceptors (Lipinski definition) is 6. The van der Waals surface area contributed by atoms with Gasteiger partial charge in [-0.05, 0) is 31.6 Å². The number of rotatable bonds is 4. The van der Waals surface area contributed by atoms with Crippen molar-refractivity contribution < 1.29 is 9.53 Å². The first-order valence-corrected chi connectivity index (χ1v) is 10.2. The number of aromatic nitrogens is 4. The quantitative estimate of drug-likeness (QED) is 0.850. The molecule has 3 unspecified atom stereocenters. The molecule has 3 aliphatic heterocycles. The first kappa shape index (κ1) is 17.7. The molecular formula is C19H27N7O2. The molecule has 3 atom stereocenters. The lowest BCUT2D eigenvalue weighted by atomic mass is 9.87. The third kappa shape index (κ3) is 3.17. The number of urea groups is 1. The number of fused-ring (bicyclic) bond motifs is 3. The van der Waals surface area contributed by atoms with Gasteiger partial charge < -0.3 is 19.9 Å². The van der Waals surface area contributed by atoms with Crippen LogP contribution in [0.1, 0.15) is 25.7 Å². The molecule has 150 valence electrons. The van der Waals surface area contributed by atoms with Gasteiger partial charge in [0.05, 0.1) is 23.8 Å². The molecule has 3 saturated heterocycles. The van der Waals surface area contributed by atoms with Gasteiger partial charge in [0.25, 0.3) is 0 Å². The summed E-state index contributed by atoms with van der Waals surface area (Å²) in [5.41, 5.74) is 0.828. The van der Waals surface area contributed by atoms with E-state index in [1.165, 1.54) is 19.3 Å². The molecule has 5 heterocycles. The lowest BCUT2D eigenvalue weighted by Crippen LogP contribution is -2.52. The summed E-state index contributed by atoms with van der Waals surface area (Å²) < 4.78 is 7.65. The number of nitrogens with zero attached hydrogens (tertiary/aromatic N) is 6. The highest BCUT2D eigenvalue weighted by Gasteiger charge is 2.40. The average Bonchev–Trinajstić information content (AvgIpc) is 3.44. The smallest absolute Gasteiger partial charge is 0.317 e. The van der Waals surface area contributed by atoms with E-state index >= 15 is 0 Å². The number of carbonyl (C=O) groups excluding carboxylic acids is 1. The van der Waals surface area contributed by atoms with E-state index in [2.05, 4.69) is 25.3 Å². The van der Waals surface area contributed by atoms with Crippen LogP contribution in [0.15, 0.2) is 12.5 Å². The fourth-order valence-electron chi connectivity index (χ4n) is 4.85. The fourth-order valence-corrected chi connectivity index (χ4v) is 4.85. The molecule has 0 aromatic carbocycles. The second-order valence-electron chi connectivity index (χ2n) is 8.07. The third-order valence-corrected chi connectivity index (χ3v) is 6.40. The number of anilines is 1. The predicted octanol–water partition coefficient (Wildman–Crippen LogP) is 1.15. The molecule has 3 fully saturated rings. The van der Waals surface area contributed by atoms with Gasteiger partial charge in [0, 0.05) is 39.8 Å². The van der Waals surface area contributed by atoms with Gasteiger partial charge in [0.1, 0.15) is 12.1 Å². The molecule has 0 aliphatic carbocycles. The third-order valence-electron chi connectivity index (χ3n) is 6.40. The molecule has 9 nitrogen and oxygen atoms in total. The number of piperazine rings is 1. The zero-order valence-corrected chi connectivity index (χ0v) is 16.3. The number of nitrogens with one attached hydrogen (secondary N) is 1. The highest BCUT2D eigenvalue weighted by atomic mass is 16.5. The number of aryl methyl sites for hydroxylation is 1. The minimum absolute atomic E-state index is 0.0398. The van der Waals surface area contributed by atoms with E-state index < -0.39 is 0 Å². The van der Waals surface area contributed by atoms with Crippen molar-refractivity contribution in [1.29, 1.82) is 0 Å². The largest absolute Gasteiger partial charge is 0.375 e. The van der Waals surface area contributed by atoms with Crippen molar-refractivity contribution in [1.82, 2.24) is 30.0 Å². The lowest BCUT2D eigenvalue weighted by Gasteiger charge is -2.35. The van der Waals surface area contributed by atoms with Gasteiger partial charge in [-0.15, -0.1) is 0 Å². The van der Waals surface area contributed by atoms with Crippen molar-refractivity contribution in [3.63, 3.8) is 0 Å². The maximum atomic E-state index is 12.5. The first-order chi connectivity index (χ1) is 13.7. The van der Waals surface area contributed by atoms with Crippen molar-refractivity contribution in [3.05, 3.63) is 12.5 Å². The Balaban J connectivity index is 1.12. The highest BCUT2D eigenvalue weighted by molar-refractivity contribution is 5.86. The number of amides is 2. The summed E-state index contributed by atoms with van der Waals surface area (Å²) >= 11 is 0. The second kappa shape index (κ2) is 7.20. The Labute approximate surface area is 164 Å². The van der Waals surface area contributed by atoms with Crippen LogP contribution < -0.4 is 10.2 Å². The molecule has 2 aromatic rings. The molecule has 1 N–H and O–H groups in total. The maximum absolute atomic E-state index is 12.5. The van der Waals surface area contributed by atoms with Gasteiger partial charge in [-0.3, -0.25) is 4.68 Å². The zero-order valence-electron chi connectivity index (χ0n) is 16.3. The predicted molar refractivity (Wildman–Crippen MR) is 104 cm³/mol. The molecule has 5 rings (SSSR count). The highest BCUT2D eigenvalue weighted by Crippen LogP contribution is 2.40. The van der Waals surface area contributed by atoms with Crippen LogP contribution in [0.3, 0.4) is 0 Å². The van der Waals surface area contributed by atoms with Crippen LogP contribution >= 0.6 is 0 Å². The van der Waals surface area contributed by atoms with Crippen molar-refractivity contribution in [2.24, 2.45) is 13.0 Å². The first-order valence-electron chi connectivity index (χ1n) is 10.2. The van der Waals surface area contributed by atoms with Crippen LogP contribution in [0, 0.1) is 5.92 Å². The number of carbonyl (C=O) groups is 1. The van der Waals surface area contributed by atoms with Crippen LogP contribution in [0.25, 0.3) is 11.0 Å². The van der Waals surface area contributed by atoms with Crippen LogP contribution in [-0.4, -0.2) is 75.6 Å². The minimum atomic E-state index is 0.0398. The summed E-state index contributed by atoms with van der Waals surface area (Å²) in [6.45, 7) is 3.63. The normalized spacial score (nSPS) is 27.0. The van der Waals surface area contributed by atoms with Crippen molar-refractivity contribution >= 4 is 22.9 Å². The standard InChI is InChI=1S/C19H27N7O2/c1-24-17-15(11-23-24)18(22-12-21-17)25-6-8-26(9-7-25)19(27)20-5-4-13-10-14-2-3-16(13)28-14/h11-14,16H,2-10H2,1H3,(H,20,27). The summed E-state index contributed by atoms with van der Waals surface area (Å²) in [7, 11) is 1.88. The number of hydrogen-bond donors (Lipinski definition) is 1. The molecular weight excluding hydrogens is 358 g/mol. The van der Waals surface area contributed by atoms with Gasteiger partial charge in [-0.2, -0.15) is 5.10 Å². The SMILES string of the molecule is Cn1ncc2c(N3CCN(C(=O)NCCC4CC5CCC4O5)CC3)ncnc21. The molecule has 0 spiro atoms. The molecule has 0 radical (unpaired) electrons. The monoisotopic (exact) mass is 385 g/mol. The van der Waals surface area contributed by atoms with Crippen molar-refractivity contribution in [2.75, 3.05) is 37.6 Å². The van der Waals surface area contributed by atoms with Crippen molar-refractivity contribution in [2.45, 2.75) is 37.9 Å². The molecule has 2 bridgehead atoms. The summed E-state index contributed by atoms with van der Waals surface area (Å²) in [6, 6.07) is 0.0398. The van der Waals surface area contributed by atoms with Crippen LogP contribution in [0.5, 0.6) is 0 Å². The summed E-state index contributed by atoms with van der Waals surface area (Å²) in [4.78, 5) is 25.4. The number of ether oxygens (including phenoxy) is 1. The molecule has 2 aromatic heterocycles. The Bertz CT molecular complexity index is 861. The summed E-state index contributed by atoms with van der Waals surface area (Å²) in [6.07, 6.45) is 8.90. The summed E-state index contributed by atoms with van der Waals surface area (Å²) in [5.74, 6) is 1.52. The van der Waals surface area contributed by atoms with Gasteiger partial charge in [-0.1, -0.05) is 0 Å². The van der Waals surface area contributed by atoms with E-state index in [9.17, 15) is 4.79 Å². The van der Waals surface area contributed by atoms with E-state index in [1.54, 1.807) is 11.0 Å². The van der Waals surface area contributed by atoms with Gasteiger partial charge in [0.2, 0.25) is 0 Å². The van der Waals surface area contributed by atoms with Gasteiger partial charge in [0.15, 0.2) is 5.65 Å². The fraction of sp³-hybridized carbons (Fsp3) is 0.684. The molecule has 9 heteroatoms. The second-order valence-corrected chi connectivity index (χ2v) is 8.07.